The number of nitrogens with zero attached hydrogens (tertiary/aromatic N) is 3. The van der Waals surface area contributed by atoms with Gasteiger partial charge in [-0.15, -0.1) is 0 Å². The lowest BCUT2D eigenvalue weighted by molar-refractivity contribution is -0.167. The smallest absolute Gasteiger partial charge is 0.338 e. The van der Waals surface area contributed by atoms with Crippen LogP contribution in [0.15, 0.2) is 40.9 Å². The highest BCUT2D eigenvalue weighted by Crippen LogP contribution is 2.46. The van der Waals surface area contributed by atoms with Crippen molar-refractivity contribution in [2.45, 2.75) is 83.7 Å². The second kappa shape index (κ2) is 11.8. The van der Waals surface area contributed by atoms with Crippen molar-refractivity contribution >= 4 is 17.8 Å². The van der Waals surface area contributed by atoms with E-state index in [9.17, 15) is 15.0 Å². The number of phenolic OH excluding ortho intramolecular Hbond substituents is 1. The third-order valence-electron chi connectivity index (χ3n) is 7.73. The van der Waals surface area contributed by atoms with Crippen molar-refractivity contribution in [1.82, 2.24) is 9.97 Å². The van der Waals surface area contributed by atoms with Crippen molar-refractivity contribution in [2.75, 3.05) is 7.11 Å². The molecule has 0 spiro atoms. The molecule has 9 heteroatoms. The maximum absolute atomic E-state index is 13.2. The average Bonchev–Trinajstić information content (AvgIpc) is 3.44. The SMILES string of the molecule is CCc1cc(CCCC2(C3CCCC3)CC(O)=C(C/C(N)=N/c3ncc(C)cn3)C(=O)O2)c(OC)cc1O. The van der Waals surface area contributed by atoms with Crippen LogP contribution in [-0.2, 0) is 22.4 Å². The Labute approximate surface area is 223 Å². The highest BCUT2D eigenvalue weighted by atomic mass is 16.6. The lowest BCUT2D eigenvalue weighted by Gasteiger charge is -2.42. The van der Waals surface area contributed by atoms with Crippen LogP contribution in [0.2, 0.25) is 0 Å². The summed E-state index contributed by atoms with van der Waals surface area (Å²) in [4.78, 5) is 25.7. The third-order valence-corrected chi connectivity index (χ3v) is 7.73. The number of hydrogen-bond acceptors (Lipinski definition) is 8. The van der Waals surface area contributed by atoms with Crippen molar-refractivity contribution in [1.29, 1.82) is 0 Å². The lowest BCUT2D eigenvalue weighted by atomic mass is 9.76. The monoisotopic (exact) mass is 522 g/mol. The molecule has 1 unspecified atom stereocenters. The minimum Gasteiger partial charge on any atom is -0.512 e. The number of carbonyl (C=O) groups is 1. The van der Waals surface area contributed by atoms with Crippen molar-refractivity contribution in [3.63, 3.8) is 0 Å². The first-order chi connectivity index (χ1) is 18.2. The van der Waals surface area contributed by atoms with Crippen LogP contribution >= 0.6 is 0 Å². The number of amidine groups is 1. The van der Waals surface area contributed by atoms with Gasteiger partial charge in [0.25, 0.3) is 5.95 Å². The van der Waals surface area contributed by atoms with Crippen LogP contribution in [0.1, 0.15) is 75.0 Å². The van der Waals surface area contributed by atoms with Gasteiger partial charge in [-0.2, -0.15) is 4.99 Å². The number of esters is 1. The number of phenols is 1. The van der Waals surface area contributed by atoms with E-state index in [1.54, 1.807) is 25.6 Å². The number of aryl methyl sites for hydroxylation is 3. The second-order valence-corrected chi connectivity index (χ2v) is 10.4. The molecule has 1 saturated carbocycles. The van der Waals surface area contributed by atoms with Gasteiger partial charge in [0, 0.05) is 31.3 Å². The molecule has 1 aromatic carbocycles. The molecule has 38 heavy (non-hydrogen) atoms. The van der Waals surface area contributed by atoms with E-state index in [1.165, 1.54) is 0 Å². The first kappa shape index (κ1) is 27.4. The quantitative estimate of drug-likeness (QED) is 0.221. The largest absolute Gasteiger partial charge is 0.512 e. The molecule has 9 nitrogen and oxygen atoms in total. The molecule has 4 N–H and O–H groups in total. The molecule has 4 rings (SSSR count). The molecule has 0 saturated heterocycles. The summed E-state index contributed by atoms with van der Waals surface area (Å²) >= 11 is 0. The number of aromatic hydroxyl groups is 1. The minimum atomic E-state index is -0.759. The van der Waals surface area contributed by atoms with E-state index >= 15 is 0 Å². The number of rotatable bonds is 10. The molecule has 1 aliphatic heterocycles. The fourth-order valence-corrected chi connectivity index (χ4v) is 5.69. The Morgan fingerprint density at radius 2 is 1.92 bits per heavy atom. The van der Waals surface area contributed by atoms with Gasteiger partial charge in [-0.05, 0) is 74.1 Å². The molecular weight excluding hydrogens is 484 g/mol. The molecule has 2 heterocycles. The number of methoxy groups -OCH3 is 1. The third kappa shape index (κ3) is 6.09. The molecule has 2 aliphatic rings. The van der Waals surface area contributed by atoms with Crippen LogP contribution in [0.25, 0.3) is 0 Å². The van der Waals surface area contributed by atoms with Gasteiger partial charge in [0.05, 0.1) is 12.7 Å². The van der Waals surface area contributed by atoms with E-state index in [0.717, 1.165) is 55.2 Å². The Morgan fingerprint density at radius 3 is 2.55 bits per heavy atom. The number of nitrogens with two attached hydrogens (primary N) is 1. The molecule has 1 aliphatic carbocycles. The molecule has 1 atom stereocenters. The molecule has 1 fully saturated rings. The zero-order valence-electron chi connectivity index (χ0n) is 22.5. The predicted octanol–water partition coefficient (Wildman–Crippen LogP) is 5.15. The summed E-state index contributed by atoms with van der Waals surface area (Å²) < 4.78 is 11.7. The van der Waals surface area contributed by atoms with Crippen LogP contribution in [0.3, 0.4) is 0 Å². The van der Waals surface area contributed by atoms with Gasteiger partial charge in [0.15, 0.2) is 0 Å². The number of aromatic nitrogens is 2. The van der Waals surface area contributed by atoms with E-state index in [-0.39, 0.29) is 47.6 Å². The molecular formula is C29H38N4O5. The zero-order valence-corrected chi connectivity index (χ0v) is 22.5. The number of benzene rings is 1. The molecule has 204 valence electrons. The second-order valence-electron chi connectivity index (χ2n) is 10.4. The van der Waals surface area contributed by atoms with E-state index in [4.69, 9.17) is 15.2 Å². The Hall–Kier alpha value is -3.62. The maximum Gasteiger partial charge on any atom is 0.338 e. The van der Waals surface area contributed by atoms with Gasteiger partial charge in [-0.25, -0.2) is 14.8 Å². The predicted molar refractivity (Wildman–Crippen MR) is 145 cm³/mol. The van der Waals surface area contributed by atoms with Crippen molar-refractivity contribution in [2.24, 2.45) is 16.6 Å². The Kier molecular flexibility index (Phi) is 8.54. The van der Waals surface area contributed by atoms with Crippen molar-refractivity contribution in [3.05, 3.63) is 52.5 Å². The number of aliphatic hydroxyl groups is 1. The molecule has 0 amide bonds. The van der Waals surface area contributed by atoms with E-state index in [1.807, 2.05) is 19.9 Å². The van der Waals surface area contributed by atoms with Gasteiger partial charge in [-0.1, -0.05) is 19.8 Å². The summed E-state index contributed by atoms with van der Waals surface area (Å²) in [6.07, 6.45) is 10.4. The summed E-state index contributed by atoms with van der Waals surface area (Å²) in [6, 6.07) is 3.65. The van der Waals surface area contributed by atoms with E-state index < -0.39 is 11.6 Å². The number of cyclic esters (lactones) is 1. The van der Waals surface area contributed by atoms with Gasteiger partial charge in [-0.3, -0.25) is 0 Å². The Morgan fingerprint density at radius 1 is 1.21 bits per heavy atom. The molecule has 0 radical (unpaired) electrons. The lowest BCUT2D eigenvalue weighted by Crippen LogP contribution is -2.46. The van der Waals surface area contributed by atoms with Crippen LogP contribution in [-0.4, -0.2) is 44.7 Å². The van der Waals surface area contributed by atoms with Crippen LogP contribution in [0.4, 0.5) is 5.95 Å². The van der Waals surface area contributed by atoms with Gasteiger partial charge < -0.3 is 25.4 Å². The van der Waals surface area contributed by atoms with Gasteiger partial charge >= 0.3 is 5.97 Å². The van der Waals surface area contributed by atoms with E-state index in [0.29, 0.717) is 18.6 Å². The van der Waals surface area contributed by atoms with E-state index in [2.05, 4.69) is 15.0 Å². The Bertz CT molecular complexity index is 1220. The van der Waals surface area contributed by atoms with Gasteiger partial charge in [0.2, 0.25) is 0 Å². The summed E-state index contributed by atoms with van der Waals surface area (Å²) in [5, 5.41) is 21.3. The topological polar surface area (TPSA) is 140 Å². The van der Waals surface area contributed by atoms with Crippen molar-refractivity contribution < 1.29 is 24.5 Å². The highest BCUT2D eigenvalue weighted by molar-refractivity contribution is 5.98. The summed E-state index contributed by atoms with van der Waals surface area (Å²) in [6.45, 7) is 3.87. The normalized spacial score (nSPS) is 20.6. The number of hydrogen-bond donors (Lipinski definition) is 3. The molecule has 2 aromatic rings. The number of aliphatic hydroxyl groups excluding tert-OH is 1. The fraction of sp³-hybridized carbons (Fsp3) is 0.517. The van der Waals surface area contributed by atoms with Crippen LogP contribution in [0, 0.1) is 12.8 Å². The summed E-state index contributed by atoms with van der Waals surface area (Å²) in [5.41, 5.74) is 8.24. The number of ether oxygens (including phenoxy) is 2. The van der Waals surface area contributed by atoms with Gasteiger partial charge in [0.1, 0.15) is 28.7 Å². The zero-order chi connectivity index (χ0) is 27.3. The van der Waals surface area contributed by atoms with Crippen LogP contribution in [0.5, 0.6) is 11.5 Å². The summed E-state index contributed by atoms with van der Waals surface area (Å²) in [5.74, 6) is 0.880. The minimum absolute atomic E-state index is 0.0200. The summed E-state index contributed by atoms with van der Waals surface area (Å²) in [7, 11) is 1.59. The number of aliphatic imine (C=N–C) groups is 1. The first-order valence-corrected chi connectivity index (χ1v) is 13.4. The average molecular weight is 523 g/mol. The highest BCUT2D eigenvalue weighted by Gasteiger charge is 2.48. The maximum atomic E-state index is 13.2. The first-order valence-electron chi connectivity index (χ1n) is 13.4. The van der Waals surface area contributed by atoms with Crippen molar-refractivity contribution in [3.8, 4) is 11.5 Å². The standard InChI is InChI=1S/C29H38N4O5/c1-4-19-12-20(25(37-3)14-23(19)34)8-7-11-29(21-9-5-6-10-21)15-24(35)22(27(36)38-29)13-26(30)33-28-31-16-18(2)17-32-28/h12,14,16-17,21,34-35H,4-11,13,15H2,1-3H3,(H2,30,31,32,33). The fourth-order valence-electron chi connectivity index (χ4n) is 5.69. The number of carbonyl (C=O) groups excluding carboxylic acids is 1. The Balaban J connectivity index is 1.52. The molecule has 1 aromatic heterocycles. The van der Waals surface area contributed by atoms with Crippen LogP contribution < -0.4 is 10.5 Å². The molecule has 0 bridgehead atoms.